The molecule has 2 N–H and O–H groups in total. The maximum atomic E-state index is 14.4. The van der Waals surface area contributed by atoms with E-state index in [1.54, 1.807) is 5.32 Å². The molecule has 0 unspecified atom stereocenters. The van der Waals surface area contributed by atoms with Crippen molar-refractivity contribution in [3.8, 4) is 11.5 Å². The SMILES string of the molecule is C[Si](C)(C)CCOCn1cc(C(F)(F)F)c2c(Oc3c(F)cc(NC(=O)O)cc3F)ccnc21. The van der Waals surface area contributed by atoms with E-state index in [-0.39, 0.29) is 12.4 Å². The lowest BCUT2D eigenvalue weighted by molar-refractivity contribution is -0.136. The van der Waals surface area contributed by atoms with Gasteiger partial charge in [-0.05, 0) is 12.1 Å². The minimum atomic E-state index is -4.81. The molecule has 7 nitrogen and oxygen atoms in total. The van der Waals surface area contributed by atoms with Gasteiger partial charge in [-0.3, -0.25) is 5.32 Å². The zero-order chi connectivity index (χ0) is 25.3. The lowest BCUT2D eigenvalue weighted by Crippen LogP contribution is -2.22. The summed E-state index contributed by atoms with van der Waals surface area (Å²) in [4.78, 5) is 14.7. The minimum Gasteiger partial charge on any atom is -0.465 e. The Morgan fingerprint density at radius 1 is 1.21 bits per heavy atom. The molecule has 0 radical (unpaired) electrons. The van der Waals surface area contributed by atoms with Crippen LogP contribution >= 0.6 is 0 Å². The Morgan fingerprint density at radius 2 is 1.85 bits per heavy atom. The molecule has 0 bridgehead atoms. The first kappa shape index (κ1) is 25.4. The fraction of sp³-hybridized carbons (Fsp3) is 0.333. The number of carboxylic acid groups (broad SMARTS) is 1. The molecule has 0 saturated heterocycles. The molecule has 2 aromatic heterocycles. The van der Waals surface area contributed by atoms with Gasteiger partial charge in [0.15, 0.2) is 17.4 Å². The average molecular weight is 504 g/mol. The van der Waals surface area contributed by atoms with Crippen LogP contribution < -0.4 is 10.1 Å². The van der Waals surface area contributed by atoms with Crippen LogP contribution in [0.1, 0.15) is 5.56 Å². The number of anilines is 1. The van der Waals surface area contributed by atoms with Crippen LogP contribution in [0.5, 0.6) is 11.5 Å². The van der Waals surface area contributed by atoms with Gasteiger partial charge < -0.3 is 19.1 Å². The summed E-state index contributed by atoms with van der Waals surface area (Å²) in [6.45, 7) is 6.57. The van der Waals surface area contributed by atoms with E-state index in [1.165, 1.54) is 0 Å². The molecule has 34 heavy (non-hydrogen) atoms. The van der Waals surface area contributed by atoms with Gasteiger partial charge in [-0.15, -0.1) is 0 Å². The Labute approximate surface area is 192 Å². The number of benzene rings is 1. The number of hydrogen-bond acceptors (Lipinski definition) is 4. The van der Waals surface area contributed by atoms with Gasteiger partial charge >= 0.3 is 12.3 Å². The number of carbonyl (C=O) groups is 1. The fourth-order valence-corrected chi connectivity index (χ4v) is 3.85. The topological polar surface area (TPSA) is 85.6 Å². The number of nitrogens with one attached hydrogen (secondary N) is 1. The standard InChI is InChI=1S/C21H22F5N3O4Si/c1-34(2,3)7-6-32-11-29-10-13(21(24,25)26)17-16(4-5-27-19(17)29)33-18-14(22)8-12(9-15(18)23)28-20(30)31/h4-5,8-10,28H,6-7,11H2,1-3H3,(H,30,31). The summed E-state index contributed by atoms with van der Waals surface area (Å²) in [6, 6.07) is 3.15. The van der Waals surface area contributed by atoms with Crippen molar-refractivity contribution in [2.24, 2.45) is 0 Å². The molecular formula is C21H22F5N3O4Si. The Bertz CT molecular complexity index is 1180. The highest BCUT2D eigenvalue weighted by Crippen LogP contribution is 2.42. The smallest absolute Gasteiger partial charge is 0.418 e. The fourth-order valence-electron chi connectivity index (χ4n) is 3.09. The van der Waals surface area contributed by atoms with E-state index in [2.05, 4.69) is 24.6 Å². The highest BCUT2D eigenvalue weighted by Gasteiger charge is 2.37. The molecule has 0 atom stereocenters. The number of alkyl halides is 3. The Balaban J connectivity index is 1.99. The predicted molar refractivity (Wildman–Crippen MR) is 117 cm³/mol. The predicted octanol–water partition coefficient (Wildman–Crippen LogP) is 6.53. The molecule has 13 heteroatoms. The number of pyridine rings is 1. The second kappa shape index (κ2) is 9.58. The third-order valence-electron chi connectivity index (χ3n) is 4.71. The molecule has 3 rings (SSSR count). The van der Waals surface area contributed by atoms with E-state index in [0.29, 0.717) is 18.7 Å². The number of nitrogens with zero attached hydrogens (tertiary/aromatic N) is 2. The molecule has 1 amide bonds. The Morgan fingerprint density at radius 3 is 2.41 bits per heavy atom. The van der Waals surface area contributed by atoms with Crippen molar-refractivity contribution in [3.05, 3.63) is 47.8 Å². The van der Waals surface area contributed by atoms with E-state index in [0.717, 1.165) is 29.1 Å². The van der Waals surface area contributed by atoms with E-state index in [4.69, 9.17) is 14.6 Å². The van der Waals surface area contributed by atoms with Crippen molar-refractivity contribution in [1.82, 2.24) is 9.55 Å². The highest BCUT2D eigenvalue weighted by atomic mass is 28.3. The van der Waals surface area contributed by atoms with Crippen LogP contribution in [0.2, 0.25) is 25.7 Å². The van der Waals surface area contributed by atoms with E-state index < -0.39 is 60.1 Å². The number of aromatic nitrogens is 2. The van der Waals surface area contributed by atoms with Crippen LogP contribution in [0.4, 0.5) is 32.4 Å². The van der Waals surface area contributed by atoms with E-state index >= 15 is 0 Å². The largest absolute Gasteiger partial charge is 0.465 e. The molecule has 0 saturated carbocycles. The summed E-state index contributed by atoms with van der Waals surface area (Å²) in [7, 11) is -1.41. The number of rotatable bonds is 8. The minimum absolute atomic E-state index is 0.136. The van der Waals surface area contributed by atoms with E-state index in [9.17, 15) is 26.7 Å². The zero-order valence-electron chi connectivity index (χ0n) is 18.5. The second-order valence-electron chi connectivity index (χ2n) is 8.67. The van der Waals surface area contributed by atoms with Crippen LogP contribution in [-0.2, 0) is 17.6 Å². The molecule has 0 aliphatic heterocycles. The van der Waals surface area contributed by atoms with Gasteiger partial charge in [-0.25, -0.2) is 18.6 Å². The summed E-state index contributed by atoms with van der Waals surface area (Å²) < 4.78 is 82.1. The van der Waals surface area contributed by atoms with Gasteiger partial charge in [0.05, 0.1) is 16.6 Å². The van der Waals surface area contributed by atoms with Crippen LogP contribution in [0.15, 0.2) is 30.6 Å². The van der Waals surface area contributed by atoms with Gasteiger partial charge in [0.1, 0.15) is 18.1 Å². The molecule has 184 valence electrons. The first-order valence-electron chi connectivity index (χ1n) is 10.1. The van der Waals surface area contributed by atoms with Crippen molar-refractivity contribution in [1.29, 1.82) is 0 Å². The third kappa shape index (κ3) is 6.02. The van der Waals surface area contributed by atoms with Gasteiger partial charge in [0.25, 0.3) is 0 Å². The molecule has 0 aliphatic carbocycles. The van der Waals surface area contributed by atoms with E-state index in [1.807, 2.05) is 0 Å². The molecule has 0 fully saturated rings. The quantitative estimate of drug-likeness (QED) is 0.207. The number of fused-ring (bicyclic) bond motifs is 1. The lowest BCUT2D eigenvalue weighted by atomic mass is 10.2. The van der Waals surface area contributed by atoms with Gasteiger partial charge in [-0.1, -0.05) is 19.6 Å². The summed E-state index contributed by atoms with van der Waals surface area (Å²) in [5.74, 6) is -4.08. The summed E-state index contributed by atoms with van der Waals surface area (Å²) in [5, 5.41) is 9.98. The maximum absolute atomic E-state index is 14.4. The van der Waals surface area contributed by atoms with Gasteiger partial charge in [-0.2, -0.15) is 13.2 Å². The highest BCUT2D eigenvalue weighted by molar-refractivity contribution is 6.76. The molecular weight excluding hydrogens is 481 g/mol. The van der Waals surface area contributed by atoms with Crippen molar-refractivity contribution >= 4 is 30.9 Å². The zero-order valence-corrected chi connectivity index (χ0v) is 19.5. The van der Waals surface area contributed by atoms with Crippen LogP contribution in [-0.4, -0.2) is 35.4 Å². The van der Waals surface area contributed by atoms with Crippen LogP contribution in [0.3, 0.4) is 0 Å². The van der Waals surface area contributed by atoms with Crippen molar-refractivity contribution in [2.75, 3.05) is 11.9 Å². The first-order chi connectivity index (χ1) is 15.8. The summed E-state index contributed by atoms with van der Waals surface area (Å²) in [5.41, 5.74) is -1.65. The monoisotopic (exact) mass is 503 g/mol. The number of amides is 1. The molecule has 2 heterocycles. The second-order valence-corrected chi connectivity index (χ2v) is 14.3. The number of ether oxygens (including phenoxy) is 2. The maximum Gasteiger partial charge on any atom is 0.418 e. The normalized spacial score (nSPS) is 12.2. The van der Waals surface area contributed by atoms with Crippen molar-refractivity contribution in [3.63, 3.8) is 0 Å². The first-order valence-corrected chi connectivity index (χ1v) is 13.8. The summed E-state index contributed by atoms with van der Waals surface area (Å²) >= 11 is 0. The Kier molecular flexibility index (Phi) is 7.17. The lowest BCUT2D eigenvalue weighted by Gasteiger charge is -2.15. The van der Waals surface area contributed by atoms with Crippen LogP contribution in [0, 0.1) is 11.6 Å². The molecule has 0 aliphatic rings. The molecule has 1 aromatic carbocycles. The Hall–Kier alpha value is -3.19. The molecule has 3 aromatic rings. The van der Waals surface area contributed by atoms with Crippen molar-refractivity contribution < 1.29 is 41.3 Å². The third-order valence-corrected chi connectivity index (χ3v) is 6.42. The number of hydrogen-bond donors (Lipinski definition) is 2. The average Bonchev–Trinajstić information content (AvgIpc) is 3.07. The van der Waals surface area contributed by atoms with Crippen LogP contribution in [0.25, 0.3) is 11.0 Å². The number of halogens is 5. The van der Waals surface area contributed by atoms with Crippen molar-refractivity contribution in [2.45, 2.75) is 38.6 Å². The molecule has 0 spiro atoms. The van der Waals surface area contributed by atoms with Gasteiger partial charge in [0.2, 0.25) is 0 Å². The van der Waals surface area contributed by atoms with Gasteiger partial charge in [0, 0.05) is 39.2 Å². The summed E-state index contributed by atoms with van der Waals surface area (Å²) in [6.07, 6.45) is -4.40.